The lowest BCUT2D eigenvalue weighted by molar-refractivity contribution is -0.121. The fourth-order valence-electron chi connectivity index (χ4n) is 1.19. The second kappa shape index (κ2) is 3.48. The van der Waals surface area contributed by atoms with Crippen LogP contribution in [-0.2, 0) is 9.53 Å². The van der Waals surface area contributed by atoms with E-state index in [0.717, 1.165) is 0 Å². The molecule has 1 N–H and O–H groups in total. The Labute approximate surface area is 83.4 Å². The van der Waals surface area contributed by atoms with Crippen LogP contribution in [0.2, 0.25) is 0 Å². The second-order valence-corrected chi connectivity index (χ2v) is 4.44. The monoisotopic (exact) mass is 200 g/mol. The van der Waals surface area contributed by atoms with Gasteiger partial charge in [0, 0.05) is 0 Å². The molecule has 5 nitrogen and oxygen atoms in total. The lowest BCUT2D eigenvalue weighted by atomic mass is 10.2. The quantitative estimate of drug-likeness (QED) is 0.635. The Morgan fingerprint density at radius 3 is 2.50 bits per heavy atom. The summed E-state index contributed by atoms with van der Waals surface area (Å²) in [5.41, 5.74) is 1.91. The van der Waals surface area contributed by atoms with Crippen LogP contribution in [0.25, 0.3) is 0 Å². The maximum Gasteiger partial charge on any atom is 0.429 e. The first kappa shape index (κ1) is 10.8. The summed E-state index contributed by atoms with van der Waals surface area (Å²) >= 11 is 0. The summed E-state index contributed by atoms with van der Waals surface area (Å²) in [6.07, 6.45) is -0.171. The molecule has 2 amide bonds. The number of carbonyl (C=O) groups excluding carboxylic acids is 2. The zero-order chi connectivity index (χ0) is 10.9. The van der Waals surface area contributed by atoms with Gasteiger partial charge in [0.2, 0.25) is 5.91 Å². The summed E-state index contributed by atoms with van der Waals surface area (Å²) in [5, 5.41) is 1.23. The molecule has 1 heterocycles. The standard InChI is InChI=1S/C9H16N2O3/c1-6-5-7(12)10-11(6)8(13)14-9(2,3)4/h6H,5H2,1-4H3,(H,10,12). The minimum atomic E-state index is -0.538. The normalized spacial score (nSPS) is 22.1. The van der Waals surface area contributed by atoms with Crippen LogP contribution in [0.15, 0.2) is 0 Å². The number of carbonyl (C=O) groups is 2. The average Bonchev–Trinajstić information content (AvgIpc) is 2.26. The van der Waals surface area contributed by atoms with Crippen molar-refractivity contribution in [1.82, 2.24) is 10.4 Å². The third-order valence-corrected chi connectivity index (χ3v) is 1.76. The molecule has 14 heavy (non-hydrogen) atoms. The topological polar surface area (TPSA) is 58.6 Å². The Morgan fingerprint density at radius 1 is 1.57 bits per heavy atom. The maximum atomic E-state index is 11.5. The molecule has 0 aromatic heterocycles. The minimum Gasteiger partial charge on any atom is -0.442 e. The van der Waals surface area contributed by atoms with Gasteiger partial charge in [-0.15, -0.1) is 0 Å². The third kappa shape index (κ3) is 2.61. The van der Waals surface area contributed by atoms with Gasteiger partial charge in [0.1, 0.15) is 5.60 Å². The SMILES string of the molecule is CC1CC(=O)NN1C(=O)OC(C)(C)C. The Kier molecular flexibility index (Phi) is 2.69. The molecule has 1 atom stereocenters. The molecular formula is C9H16N2O3. The largest absolute Gasteiger partial charge is 0.442 e. The van der Waals surface area contributed by atoms with Gasteiger partial charge in [-0.25, -0.2) is 9.80 Å². The Bertz CT molecular complexity index is 257. The smallest absolute Gasteiger partial charge is 0.429 e. The molecule has 0 saturated carbocycles. The molecule has 1 fully saturated rings. The van der Waals surface area contributed by atoms with Crippen LogP contribution in [0.1, 0.15) is 34.1 Å². The first-order chi connectivity index (χ1) is 6.29. The summed E-state index contributed by atoms with van der Waals surface area (Å²) in [6.45, 7) is 7.15. The number of nitrogens with zero attached hydrogens (tertiary/aromatic N) is 1. The van der Waals surface area contributed by atoms with Crippen LogP contribution in [0.4, 0.5) is 4.79 Å². The molecule has 0 aliphatic carbocycles. The van der Waals surface area contributed by atoms with Gasteiger partial charge in [-0.2, -0.15) is 0 Å². The van der Waals surface area contributed by atoms with Crippen molar-refractivity contribution in [2.45, 2.75) is 45.8 Å². The average molecular weight is 200 g/mol. The minimum absolute atomic E-state index is 0.141. The fourth-order valence-corrected chi connectivity index (χ4v) is 1.19. The molecule has 1 aliphatic rings. The van der Waals surface area contributed by atoms with Crippen molar-refractivity contribution >= 4 is 12.0 Å². The first-order valence-corrected chi connectivity index (χ1v) is 4.61. The highest BCUT2D eigenvalue weighted by Crippen LogP contribution is 2.14. The highest BCUT2D eigenvalue weighted by atomic mass is 16.6. The summed E-state index contributed by atoms with van der Waals surface area (Å²) in [7, 11) is 0. The highest BCUT2D eigenvalue weighted by Gasteiger charge is 2.33. The number of hydrogen-bond donors (Lipinski definition) is 1. The maximum absolute atomic E-state index is 11.5. The summed E-state index contributed by atoms with van der Waals surface area (Å²) in [4.78, 5) is 22.5. The summed E-state index contributed by atoms with van der Waals surface area (Å²) in [6, 6.07) is -0.141. The molecule has 1 unspecified atom stereocenters. The number of rotatable bonds is 0. The zero-order valence-corrected chi connectivity index (χ0v) is 8.96. The van der Waals surface area contributed by atoms with E-state index in [2.05, 4.69) is 5.43 Å². The van der Waals surface area contributed by atoms with Gasteiger partial charge in [-0.3, -0.25) is 10.2 Å². The van der Waals surface area contributed by atoms with Crippen LogP contribution < -0.4 is 5.43 Å². The van der Waals surface area contributed by atoms with Gasteiger partial charge in [0.15, 0.2) is 0 Å². The fraction of sp³-hybridized carbons (Fsp3) is 0.778. The summed E-state index contributed by atoms with van der Waals surface area (Å²) in [5.74, 6) is -0.150. The molecule has 0 radical (unpaired) electrons. The number of ether oxygens (including phenoxy) is 1. The first-order valence-electron chi connectivity index (χ1n) is 4.61. The van der Waals surface area contributed by atoms with Crippen LogP contribution in [0, 0.1) is 0 Å². The molecule has 1 rings (SSSR count). The van der Waals surface area contributed by atoms with E-state index in [0.29, 0.717) is 6.42 Å². The lowest BCUT2D eigenvalue weighted by Gasteiger charge is -2.25. The van der Waals surface area contributed by atoms with Crippen molar-refractivity contribution in [3.8, 4) is 0 Å². The molecule has 80 valence electrons. The van der Waals surface area contributed by atoms with Gasteiger partial charge in [-0.05, 0) is 27.7 Å². The molecule has 5 heteroatoms. The van der Waals surface area contributed by atoms with Gasteiger partial charge < -0.3 is 4.74 Å². The number of hydrogen-bond acceptors (Lipinski definition) is 3. The Morgan fingerprint density at radius 2 is 2.14 bits per heavy atom. The van der Waals surface area contributed by atoms with E-state index in [4.69, 9.17) is 4.74 Å². The van der Waals surface area contributed by atoms with Crippen molar-refractivity contribution in [1.29, 1.82) is 0 Å². The van der Waals surface area contributed by atoms with Crippen molar-refractivity contribution < 1.29 is 14.3 Å². The van der Waals surface area contributed by atoms with E-state index in [1.54, 1.807) is 27.7 Å². The number of hydrazine groups is 1. The van der Waals surface area contributed by atoms with Crippen molar-refractivity contribution in [2.75, 3.05) is 0 Å². The Hall–Kier alpha value is -1.26. The lowest BCUT2D eigenvalue weighted by Crippen LogP contribution is -2.45. The molecular weight excluding hydrogens is 184 g/mol. The predicted molar refractivity (Wildman–Crippen MR) is 50.3 cm³/mol. The van der Waals surface area contributed by atoms with Crippen LogP contribution >= 0.6 is 0 Å². The predicted octanol–water partition coefficient (Wildman–Crippen LogP) is 1.05. The zero-order valence-electron chi connectivity index (χ0n) is 8.96. The van der Waals surface area contributed by atoms with E-state index in [-0.39, 0.29) is 11.9 Å². The highest BCUT2D eigenvalue weighted by molar-refractivity contribution is 5.83. The third-order valence-electron chi connectivity index (χ3n) is 1.76. The molecule has 0 aromatic rings. The van der Waals surface area contributed by atoms with Gasteiger partial charge >= 0.3 is 6.09 Å². The van der Waals surface area contributed by atoms with E-state index in [9.17, 15) is 9.59 Å². The van der Waals surface area contributed by atoms with E-state index < -0.39 is 11.7 Å². The molecule has 0 aromatic carbocycles. The number of amides is 2. The molecule has 1 aliphatic heterocycles. The second-order valence-electron chi connectivity index (χ2n) is 4.44. The van der Waals surface area contributed by atoms with Crippen LogP contribution in [0.3, 0.4) is 0 Å². The van der Waals surface area contributed by atoms with E-state index >= 15 is 0 Å². The van der Waals surface area contributed by atoms with Gasteiger partial charge in [0.05, 0.1) is 12.5 Å². The van der Waals surface area contributed by atoms with E-state index in [1.807, 2.05) is 0 Å². The molecule has 1 saturated heterocycles. The van der Waals surface area contributed by atoms with Crippen LogP contribution in [-0.4, -0.2) is 28.7 Å². The summed E-state index contributed by atoms with van der Waals surface area (Å²) < 4.78 is 5.11. The number of nitrogens with one attached hydrogen (secondary N) is 1. The van der Waals surface area contributed by atoms with Gasteiger partial charge in [0.25, 0.3) is 0 Å². The Balaban J connectivity index is 2.58. The van der Waals surface area contributed by atoms with Crippen molar-refractivity contribution in [3.05, 3.63) is 0 Å². The molecule has 0 spiro atoms. The van der Waals surface area contributed by atoms with Crippen LogP contribution in [0.5, 0.6) is 0 Å². The van der Waals surface area contributed by atoms with Gasteiger partial charge in [-0.1, -0.05) is 0 Å². The van der Waals surface area contributed by atoms with Crippen molar-refractivity contribution in [2.24, 2.45) is 0 Å². The van der Waals surface area contributed by atoms with E-state index in [1.165, 1.54) is 5.01 Å². The molecule has 0 bridgehead atoms. The van der Waals surface area contributed by atoms with Crippen molar-refractivity contribution in [3.63, 3.8) is 0 Å².